The fourth-order valence-corrected chi connectivity index (χ4v) is 3.01. The molecule has 1 aliphatic heterocycles. The highest BCUT2D eigenvalue weighted by atomic mass is 16.5. The van der Waals surface area contributed by atoms with Crippen LogP contribution in [0, 0.1) is 5.92 Å². The Kier molecular flexibility index (Phi) is 4.42. The van der Waals surface area contributed by atoms with Gasteiger partial charge < -0.3 is 10.5 Å². The van der Waals surface area contributed by atoms with Crippen LogP contribution in [0.3, 0.4) is 0 Å². The minimum Gasteiger partial charge on any atom is -0.378 e. The summed E-state index contributed by atoms with van der Waals surface area (Å²) in [7, 11) is 0. The van der Waals surface area contributed by atoms with Crippen molar-refractivity contribution in [3.8, 4) is 0 Å². The largest absolute Gasteiger partial charge is 0.378 e. The molecule has 0 amide bonds. The summed E-state index contributed by atoms with van der Waals surface area (Å²) >= 11 is 0. The zero-order valence-electron chi connectivity index (χ0n) is 10.5. The van der Waals surface area contributed by atoms with Crippen LogP contribution in [0.1, 0.15) is 51.9 Å². The van der Waals surface area contributed by atoms with Crippen LogP contribution in [0.15, 0.2) is 11.6 Å². The second-order valence-electron chi connectivity index (χ2n) is 5.29. The first kappa shape index (κ1) is 12.1. The van der Waals surface area contributed by atoms with Gasteiger partial charge in [0.1, 0.15) is 0 Å². The van der Waals surface area contributed by atoms with Gasteiger partial charge in [-0.25, -0.2) is 0 Å². The van der Waals surface area contributed by atoms with Crippen molar-refractivity contribution in [1.29, 1.82) is 0 Å². The Morgan fingerprint density at radius 3 is 2.88 bits per heavy atom. The van der Waals surface area contributed by atoms with E-state index in [4.69, 9.17) is 10.5 Å². The molecule has 0 bridgehead atoms. The standard InChI is InChI=1S/C14H25NO/c1-11-13(9-10-16-11)14(15)12-7-5-3-2-4-6-8-12/h7,11,13-14H,2-6,8-10,15H2,1H3. The van der Waals surface area contributed by atoms with Crippen LogP contribution in [-0.2, 0) is 4.74 Å². The minimum atomic E-state index is 0.246. The molecular formula is C14H25NO. The van der Waals surface area contributed by atoms with Gasteiger partial charge in [0.25, 0.3) is 0 Å². The number of hydrogen-bond acceptors (Lipinski definition) is 2. The first-order valence-corrected chi connectivity index (χ1v) is 6.85. The first-order valence-electron chi connectivity index (χ1n) is 6.85. The third kappa shape index (κ3) is 2.86. The lowest BCUT2D eigenvalue weighted by molar-refractivity contribution is 0.102. The molecule has 1 fully saturated rings. The predicted octanol–water partition coefficient (Wildman–Crippen LogP) is 3.02. The molecular weight excluding hydrogens is 198 g/mol. The smallest absolute Gasteiger partial charge is 0.0593 e. The fourth-order valence-electron chi connectivity index (χ4n) is 3.01. The van der Waals surface area contributed by atoms with Crippen LogP contribution < -0.4 is 5.73 Å². The molecule has 92 valence electrons. The van der Waals surface area contributed by atoms with E-state index in [-0.39, 0.29) is 6.04 Å². The van der Waals surface area contributed by atoms with Crippen LogP contribution in [0.5, 0.6) is 0 Å². The molecule has 2 nitrogen and oxygen atoms in total. The van der Waals surface area contributed by atoms with Gasteiger partial charge in [-0.2, -0.15) is 0 Å². The van der Waals surface area contributed by atoms with Crippen molar-refractivity contribution in [2.24, 2.45) is 11.7 Å². The Morgan fingerprint density at radius 2 is 2.12 bits per heavy atom. The number of hydrogen-bond donors (Lipinski definition) is 1. The van der Waals surface area contributed by atoms with Gasteiger partial charge in [-0.1, -0.05) is 24.5 Å². The average Bonchev–Trinajstić information content (AvgIpc) is 2.63. The van der Waals surface area contributed by atoms with Crippen molar-refractivity contribution in [3.63, 3.8) is 0 Å². The van der Waals surface area contributed by atoms with Crippen LogP contribution in [-0.4, -0.2) is 18.8 Å². The van der Waals surface area contributed by atoms with E-state index in [0.717, 1.165) is 13.0 Å². The third-order valence-electron chi connectivity index (χ3n) is 4.15. The van der Waals surface area contributed by atoms with Gasteiger partial charge in [-0.05, 0) is 39.0 Å². The second kappa shape index (κ2) is 5.83. The molecule has 3 atom stereocenters. The van der Waals surface area contributed by atoms with E-state index in [1.807, 2.05) is 0 Å². The van der Waals surface area contributed by atoms with Gasteiger partial charge in [0.2, 0.25) is 0 Å². The normalized spacial score (nSPS) is 34.0. The third-order valence-corrected chi connectivity index (χ3v) is 4.15. The molecule has 1 heterocycles. The van der Waals surface area contributed by atoms with Crippen molar-refractivity contribution < 1.29 is 4.74 Å². The zero-order chi connectivity index (χ0) is 11.4. The summed E-state index contributed by atoms with van der Waals surface area (Å²) in [6.45, 7) is 3.06. The Labute approximate surface area is 99.2 Å². The summed E-state index contributed by atoms with van der Waals surface area (Å²) in [6, 6.07) is 0.246. The molecule has 1 saturated heterocycles. The summed E-state index contributed by atoms with van der Waals surface area (Å²) in [6.07, 6.45) is 11.8. The van der Waals surface area contributed by atoms with Crippen molar-refractivity contribution in [3.05, 3.63) is 11.6 Å². The van der Waals surface area contributed by atoms with E-state index in [9.17, 15) is 0 Å². The van der Waals surface area contributed by atoms with Gasteiger partial charge in [0.15, 0.2) is 0 Å². The number of allylic oxidation sites excluding steroid dienone is 1. The summed E-state index contributed by atoms with van der Waals surface area (Å²) in [4.78, 5) is 0. The SMILES string of the molecule is CC1OCCC1C(N)C1=CCCCCCC1. The molecule has 16 heavy (non-hydrogen) atoms. The molecule has 2 heteroatoms. The maximum absolute atomic E-state index is 6.42. The molecule has 0 aromatic heterocycles. The molecule has 0 spiro atoms. The van der Waals surface area contributed by atoms with Crippen molar-refractivity contribution in [2.75, 3.05) is 6.61 Å². The Bertz CT molecular complexity index is 249. The summed E-state index contributed by atoms with van der Waals surface area (Å²) in [5, 5.41) is 0. The Morgan fingerprint density at radius 1 is 1.31 bits per heavy atom. The highest BCUT2D eigenvalue weighted by Gasteiger charge is 2.31. The Balaban J connectivity index is 1.98. The highest BCUT2D eigenvalue weighted by molar-refractivity contribution is 5.13. The van der Waals surface area contributed by atoms with Gasteiger partial charge >= 0.3 is 0 Å². The molecule has 3 unspecified atom stereocenters. The number of rotatable bonds is 2. The molecule has 0 radical (unpaired) electrons. The quantitative estimate of drug-likeness (QED) is 0.730. The van der Waals surface area contributed by atoms with Gasteiger partial charge in [-0.3, -0.25) is 0 Å². The van der Waals surface area contributed by atoms with Gasteiger partial charge in [0.05, 0.1) is 6.10 Å². The lowest BCUT2D eigenvalue weighted by atomic mass is 9.85. The summed E-state index contributed by atoms with van der Waals surface area (Å²) < 4.78 is 5.63. The lowest BCUT2D eigenvalue weighted by Gasteiger charge is -2.25. The van der Waals surface area contributed by atoms with Crippen LogP contribution >= 0.6 is 0 Å². The topological polar surface area (TPSA) is 35.2 Å². The lowest BCUT2D eigenvalue weighted by Crippen LogP contribution is -2.36. The van der Waals surface area contributed by atoms with Gasteiger partial charge in [0, 0.05) is 18.6 Å². The molecule has 0 saturated carbocycles. The van der Waals surface area contributed by atoms with E-state index in [2.05, 4.69) is 13.0 Å². The monoisotopic (exact) mass is 223 g/mol. The van der Waals surface area contributed by atoms with Crippen molar-refractivity contribution >= 4 is 0 Å². The summed E-state index contributed by atoms with van der Waals surface area (Å²) in [5.41, 5.74) is 7.92. The number of ether oxygens (including phenoxy) is 1. The molecule has 2 aliphatic rings. The summed E-state index contributed by atoms with van der Waals surface area (Å²) in [5.74, 6) is 0.547. The molecule has 0 aromatic carbocycles. The van der Waals surface area contributed by atoms with E-state index in [1.54, 1.807) is 0 Å². The molecule has 1 aliphatic carbocycles. The minimum absolute atomic E-state index is 0.246. The van der Waals surface area contributed by atoms with Crippen LogP contribution in [0.4, 0.5) is 0 Å². The predicted molar refractivity (Wildman–Crippen MR) is 67.3 cm³/mol. The van der Waals surface area contributed by atoms with Crippen LogP contribution in [0.25, 0.3) is 0 Å². The fraction of sp³-hybridized carbons (Fsp3) is 0.857. The highest BCUT2D eigenvalue weighted by Crippen LogP contribution is 2.29. The second-order valence-corrected chi connectivity index (χ2v) is 5.29. The zero-order valence-corrected chi connectivity index (χ0v) is 10.5. The first-order chi connectivity index (χ1) is 7.79. The van der Waals surface area contributed by atoms with Crippen molar-refractivity contribution in [1.82, 2.24) is 0 Å². The van der Waals surface area contributed by atoms with Crippen LogP contribution in [0.2, 0.25) is 0 Å². The van der Waals surface area contributed by atoms with E-state index in [0.29, 0.717) is 12.0 Å². The van der Waals surface area contributed by atoms with E-state index >= 15 is 0 Å². The average molecular weight is 223 g/mol. The Hall–Kier alpha value is -0.340. The van der Waals surface area contributed by atoms with E-state index < -0.39 is 0 Å². The van der Waals surface area contributed by atoms with Crippen molar-refractivity contribution in [2.45, 2.75) is 64.0 Å². The maximum atomic E-state index is 6.42. The molecule has 2 rings (SSSR count). The maximum Gasteiger partial charge on any atom is 0.0593 e. The number of nitrogens with two attached hydrogens (primary N) is 1. The molecule has 2 N–H and O–H groups in total. The molecule has 0 aromatic rings. The van der Waals surface area contributed by atoms with Gasteiger partial charge in [-0.15, -0.1) is 0 Å². The van der Waals surface area contributed by atoms with E-state index in [1.165, 1.54) is 44.1 Å².